The van der Waals surface area contributed by atoms with E-state index in [1.165, 1.54) is 32.6 Å². The molecule has 0 aliphatic rings. The van der Waals surface area contributed by atoms with Gasteiger partial charge in [-0.15, -0.1) is 0 Å². The molecule has 0 amide bonds. The lowest BCUT2D eigenvalue weighted by atomic mass is 10.1. The highest BCUT2D eigenvalue weighted by Crippen LogP contribution is 2.37. The molecule has 0 saturated heterocycles. The van der Waals surface area contributed by atoms with Crippen LogP contribution in [0.1, 0.15) is 0 Å². The van der Waals surface area contributed by atoms with Gasteiger partial charge in [0.25, 0.3) is 0 Å². The Kier molecular flexibility index (Phi) is 6.18. The van der Waals surface area contributed by atoms with Gasteiger partial charge in [-0.25, -0.2) is 15.0 Å². The third-order valence-corrected chi connectivity index (χ3v) is 10.2. The molecular weight excluding hydrogens is 637 g/mol. The number of rotatable bonds is 4. The van der Waals surface area contributed by atoms with E-state index in [0.29, 0.717) is 17.5 Å². The highest BCUT2D eigenvalue weighted by Gasteiger charge is 2.17. The largest absolute Gasteiger partial charge is 0.456 e. The summed E-state index contributed by atoms with van der Waals surface area (Å²) in [5.74, 6) is 1.84. The van der Waals surface area contributed by atoms with Crippen molar-refractivity contribution in [1.82, 2.24) is 19.5 Å². The zero-order chi connectivity index (χ0) is 34.2. The molecule has 0 N–H and O–H groups in total. The summed E-state index contributed by atoms with van der Waals surface area (Å²) < 4.78 is 8.85. The van der Waals surface area contributed by atoms with Crippen molar-refractivity contribution in [1.29, 1.82) is 0 Å². The van der Waals surface area contributed by atoms with Gasteiger partial charge in [-0.1, -0.05) is 115 Å². The molecule has 3 aromatic heterocycles. The summed E-state index contributed by atoms with van der Waals surface area (Å²) >= 11 is 0. The number of furan rings is 1. The molecular formula is C47H28N4O. The van der Waals surface area contributed by atoms with E-state index < -0.39 is 0 Å². The Morgan fingerprint density at radius 3 is 1.44 bits per heavy atom. The fourth-order valence-corrected chi connectivity index (χ4v) is 7.66. The average molecular weight is 665 g/mol. The molecule has 0 atom stereocenters. The number of aromatic nitrogens is 4. The first-order valence-corrected chi connectivity index (χ1v) is 17.4. The summed E-state index contributed by atoms with van der Waals surface area (Å²) in [7, 11) is 0. The van der Waals surface area contributed by atoms with Gasteiger partial charge < -0.3 is 8.98 Å². The molecule has 5 nitrogen and oxygen atoms in total. The van der Waals surface area contributed by atoms with Crippen LogP contribution in [-0.4, -0.2) is 19.5 Å². The number of hydrogen-bond donors (Lipinski definition) is 0. The molecule has 0 unspecified atom stereocenters. The fraction of sp³-hybridized carbons (Fsp3) is 0. The number of hydrogen-bond acceptors (Lipinski definition) is 4. The average Bonchev–Trinajstić information content (AvgIpc) is 3.75. The van der Waals surface area contributed by atoms with Gasteiger partial charge in [-0.05, 0) is 76.1 Å². The monoisotopic (exact) mass is 664 g/mol. The van der Waals surface area contributed by atoms with E-state index in [-0.39, 0.29) is 0 Å². The van der Waals surface area contributed by atoms with Crippen molar-refractivity contribution in [2.45, 2.75) is 0 Å². The lowest BCUT2D eigenvalue weighted by Gasteiger charge is -2.10. The molecule has 0 aliphatic carbocycles. The molecule has 11 rings (SSSR count). The zero-order valence-electron chi connectivity index (χ0n) is 27.9. The molecule has 0 spiro atoms. The Hall–Kier alpha value is -7.11. The maximum absolute atomic E-state index is 6.51. The van der Waals surface area contributed by atoms with Gasteiger partial charge in [0.2, 0.25) is 0 Å². The Labute approximate surface area is 298 Å². The van der Waals surface area contributed by atoms with Gasteiger partial charge >= 0.3 is 0 Å². The van der Waals surface area contributed by atoms with Crippen molar-refractivity contribution in [3.63, 3.8) is 0 Å². The van der Waals surface area contributed by atoms with Crippen molar-refractivity contribution in [3.05, 3.63) is 170 Å². The Balaban J connectivity index is 1.07. The predicted octanol–water partition coefficient (Wildman–Crippen LogP) is 12.2. The van der Waals surface area contributed by atoms with Crippen LogP contribution in [-0.2, 0) is 0 Å². The SMILES string of the molecule is c1ccc2cc(-c3nc(-c4ccc5ccccc5c4)nc(-c4ccc5c(c4)oc4ccc(-n6c7ccccc7c7ccccc76)cc45)n3)ccc2c1. The van der Waals surface area contributed by atoms with Crippen molar-refractivity contribution < 1.29 is 4.42 Å². The second-order valence-electron chi connectivity index (χ2n) is 13.3. The molecule has 0 bridgehead atoms. The van der Waals surface area contributed by atoms with E-state index in [9.17, 15) is 0 Å². The first-order valence-electron chi connectivity index (χ1n) is 17.4. The highest BCUT2D eigenvalue weighted by atomic mass is 16.3. The molecule has 3 heterocycles. The predicted molar refractivity (Wildman–Crippen MR) is 213 cm³/mol. The van der Waals surface area contributed by atoms with Crippen LogP contribution in [0.5, 0.6) is 0 Å². The topological polar surface area (TPSA) is 56.7 Å². The number of nitrogens with zero attached hydrogens (tertiary/aromatic N) is 4. The fourth-order valence-electron chi connectivity index (χ4n) is 7.66. The number of benzene rings is 8. The van der Waals surface area contributed by atoms with Gasteiger partial charge in [-0.3, -0.25) is 0 Å². The van der Waals surface area contributed by atoms with Gasteiger partial charge in [0.15, 0.2) is 17.5 Å². The molecule has 0 radical (unpaired) electrons. The third-order valence-electron chi connectivity index (χ3n) is 10.2. The van der Waals surface area contributed by atoms with Crippen LogP contribution >= 0.6 is 0 Å². The molecule has 8 aromatic carbocycles. The normalized spacial score (nSPS) is 11.8. The highest BCUT2D eigenvalue weighted by molar-refractivity contribution is 6.10. The summed E-state index contributed by atoms with van der Waals surface area (Å²) in [4.78, 5) is 15.2. The molecule has 11 aromatic rings. The minimum absolute atomic E-state index is 0.592. The molecule has 0 saturated carbocycles. The van der Waals surface area contributed by atoms with Crippen LogP contribution in [0.2, 0.25) is 0 Å². The summed E-state index contributed by atoms with van der Waals surface area (Å²) in [6.07, 6.45) is 0. The third kappa shape index (κ3) is 4.53. The Bertz CT molecular complexity index is 3060. The minimum Gasteiger partial charge on any atom is -0.456 e. The molecule has 0 aliphatic heterocycles. The quantitative estimate of drug-likeness (QED) is 0.188. The lowest BCUT2D eigenvalue weighted by molar-refractivity contribution is 0.669. The maximum atomic E-state index is 6.51. The van der Waals surface area contributed by atoms with Crippen LogP contribution in [0.3, 0.4) is 0 Å². The van der Waals surface area contributed by atoms with Crippen LogP contribution in [0, 0.1) is 0 Å². The standard InChI is InChI=1S/C47H28N4O/c1-3-11-31-25-33(19-17-29(31)9-1)45-48-46(34-20-18-30-10-2-4-12-32(30)26-34)50-47(49-45)35-21-23-39-40-28-36(22-24-43(40)52-44(39)27-35)51-41-15-7-5-13-37(41)38-14-6-8-16-42(38)51/h1-28H. The lowest BCUT2D eigenvalue weighted by Crippen LogP contribution is -2.00. The van der Waals surface area contributed by atoms with E-state index in [1.54, 1.807) is 0 Å². The molecule has 242 valence electrons. The van der Waals surface area contributed by atoms with E-state index in [4.69, 9.17) is 19.4 Å². The van der Waals surface area contributed by atoms with E-state index >= 15 is 0 Å². The van der Waals surface area contributed by atoms with Crippen molar-refractivity contribution >= 4 is 65.3 Å². The Morgan fingerprint density at radius 1 is 0.346 bits per heavy atom. The van der Waals surface area contributed by atoms with Crippen LogP contribution < -0.4 is 0 Å². The smallest absolute Gasteiger partial charge is 0.164 e. The van der Waals surface area contributed by atoms with Crippen molar-refractivity contribution in [2.24, 2.45) is 0 Å². The number of para-hydroxylation sites is 2. The van der Waals surface area contributed by atoms with E-state index in [0.717, 1.165) is 55.1 Å². The first kappa shape index (κ1) is 28.7. The summed E-state index contributed by atoms with van der Waals surface area (Å²) in [6, 6.07) is 59.3. The molecule has 5 heteroatoms. The van der Waals surface area contributed by atoms with E-state index in [1.807, 2.05) is 0 Å². The molecule has 52 heavy (non-hydrogen) atoms. The van der Waals surface area contributed by atoms with Gasteiger partial charge in [0, 0.05) is 43.9 Å². The number of fused-ring (bicyclic) bond motifs is 8. The zero-order valence-corrected chi connectivity index (χ0v) is 27.9. The van der Waals surface area contributed by atoms with Gasteiger partial charge in [0.1, 0.15) is 11.2 Å². The Morgan fingerprint density at radius 2 is 0.846 bits per heavy atom. The minimum atomic E-state index is 0.592. The molecule has 0 fully saturated rings. The van der Waals surface area contributed by atoms with Gasteiger partial charge in [-0.2, -0.15) is 0 Å². The van der Waals surface area contributed by atoms with Crippen LogP contribution in [0.4, 0.5) is 0 Å². The maximum Gasteiger partial charge on any atom is 0.164 e. The van der Waals surface area contributed by atoms with Crippen molar-refractivity contribution in [3.8, 4) is 39.9 Å². The van der Waals surface area contributed by atoms with Crippen molar-refractivity contribution in [2.75, 3.05) is 0 Å². The van der Waals surface area contributed by atoms with Crippen LogP contribution in [0.25, 0.3) is 105 Å². The van der Waals surface area contributed by atoms with E-state index in [2.05, 4.69) is 174 Å². The second kappa shape index (κ2) is 11.2. The van der Waals surface area contributed by atoms with Crippen LogP contribution in [0.15, 0.2) is 174 Å². The summed E-state index contributed by atoms with van der Waals surface area (Å²) in [6.45, 7) is 0. The summed E-state index contributed by atoms with van der Waals surface area (Å²) in [5.41, 5.74) is 7.80. The van der Waals surface area contributed by atoms with Gasteiger partial charge in [0.05, 0.1) is 11.0 Å². The first-order chi connectivity index (χ1) is 25.7. The second-order valence-corrected chi connectivity index (χ2v) is 13.3. The summed E-state index contributed by atoms with van der Waals surface area (Å²) in [5, 5.41) is 9.20.